The van der Waals surface area contributed by atoms with Crippen LogP contribution in [0.5, 0.6) is 0 Å². The molecule has 1 unspecified atom stereocenters. The molecule has 1 heterocycles. The highest BCUT2D eigenvalue weighted by Gasteiger charge is 2.50. The minimum Gasteiger partial charge on any atom is -0.298 e. The summed E-state index contributed by atoms with van der Waals surface area (Å²) < 4.78 is 0. The number of Topliss-reactive ketones (excluding diaryl/α,β-unsaturated/α-hetero) is 1. The molecule has 0 spiro atoms. The second-order valence-corrected chi connectivity index (χ2v) is 5.60. The van der Waals surface area contributed by atoms with Gasteiger partial charge >= 0.3 is 0 Å². The van der Waals surface area contributed by atoms with Crippen molar-refractivity contribution in [1.82, 2.24) is 5.01 Å². The van der Waals surface area contributed by atoms with Gasteiger partial charge in [-0.05, 0) is 18.4 Å². The van der Waals surface area contributed by atoms with Crippen LogP contribution < -0.4 is 0 Å². The Labute approximate surface area is 125 Å². The lowest BCUT2D eigenvalue weighted by atomic mass is 9.71. The van der Waals surface area contributed by atoms with Crippen LogP contribution in [0.1, 0.15) is 39.2 Å². The molecule has 2 rings (SSSR count). The number of piperidine rings is 1. The van der Waals surface area contributed by atoms with Gasteiger partial charge in [0.2, 0.25) is 0 Å². The zero-order valence-electron chi connectivity index (χ0n) is 12.9. The SMILES string of the molecule is CCC1(CC)C(=O)C(C)CN(/N=C/c2ccccc2)C1=O. The lowest BCUT2D eigenvalue weighted by molar-refractivity contribution is -0.158. The zero-order valence-corrected chi connectivity index (χ0v) is 12.9. The van der Waals surface area contributed by atoms with Crippen LogP contribution in [0.4, 0.5) is 0 Å². The van der Waals surface area contributed by atoms with Crippen molar-refractivity contribution in [1.29, 1.82) is 0 Å². The normalized spacial score (nSPS) is 22.0. The lowest BCUT2D eigenvalue weighted by Crippen LogP contribution is -2.55. The van der Waals surface area contributed by atoms with Crippen LogP contribution in [-0.4, -0.2) is 29.5 Å². The number of ketones is 1. The molecule has 1 amide bonds. The standard InChI is InChI=1S/C17H22N2O2/c1-4-17(5-2)15(20)13(3)12-19(16(17)21)18-11-14-9-7-6-8-10-14/h6-11,13H,4-5,12H2,1-3H3/b18-11+. The first-order chi connectivity index (χ1) is 10.0. The molecule has 0 aliphatic carbocycles. The second kappa shape index (κ2) is 6.20. The van der Waals surface area contributed by atoms with Crippen molar-refractivity contribution in [3.8, 4) is 0 Å². The van der Waals surface area contributed by atoms with Crippen molar-refractivity contribution in [2.75, 3.05) is 6.54 Å². The predicted octanol–water partition coefficient (Wildman–Crippen LogP) is 2.87. The third-order valence-corrected chi connectivity index (χ3v) is 4.36. The van der Waals surface area contributed by atoms with E-state index in [4.69, 9.17) is 0 Å². The van der Waals surface area contributed by atoms with Gasteiger partial charge in [0.25, 0.3) is 5.91 Å². The molecule has 0 aromatic heterocycles. The van der Waals surface area contributed by atoms with Crippen molar-refractivity contribution < 1.29 is 9.59 Å². The van der Waals surface area contributed by atoms with E-state index < -0.39 is 5.41 Å². The van der Waals surface area contributed by atoms with E-state index in [1.54, 1.807) is 6.21 Å². The summed E-state index contributed by atoms with van der Waals surface area (Å²) in [7, 11) is 0. The number of hydrogen-bond donors (Lipinski definition) is 0. The van der Waals surface area contributed by atoms with Crippen LogP contribution in [0, 0.1) is 11.3 Å². The Bertz CT molecular complexity index is 547. The predicted molar refractivity (Wildman–Crippen MR) is 82.9 cm³/mol. The van der Waals surface area contributed by atoms with Gasteiger partial charge in [-0.15, -0.1) is 0 Å². The molecular weight excluding hydrogens is 264 g/mol. The molecule has 0 N–H and O–H groups in total. The van der Waals surface area contributed by atoms with E-state index in [1.807, 2.05) is 51.1 Å². The monoisotopic (exact) mass is 286 g/mol. The molecule has 4 heteroatoms. The molecule has 1 aliphatic rings. The summed E-state index contributed by atoms with van der Waals surface area (Å²) in [5, 5.41) is 5.78. The summed E-state index contributed by atoms with van der Waals surface area (Å²) in [4.78, 5) is 25.1. The maximum absolute atomic E-state index is 12.7. The molecule has 4 nitrogen and oxygen atoms in total. The van der Waals surface area contributed by atoms with E-state index in [2.05, 4.69) is 5.10 Å². The van der Waals surface area contributed by atoms with Crippen LogP contribution in [-0.2, 0) is 9.59 Å². The number of nitrogens with zero attached hydrogens (tertiary/aromatic N) is 2. The van der Waals surface area contributed by atoms with Gasteiger partial charge in [-0.1, -0.05) is 51.1 Å². The van der Waals surface area contributed by atoms with Crippen LogP contribution >= 0.6 is 0 Å². The Morgan fingerprint density at radius 1 is 1.24 bits per heavy atom. The Morgan fingerprint density at radius 3 is 2.43 bits per heavy atom. The summed E-state index contributed by atoms with van der Waals surface area (Å²) in [5.74, 6) is -0.276. The van der Waals surface area contributed by atoms with Crippen molar-refractivity contribution in [2.24, 2.45) is 16.4 Å². The van der Waals surface area contributed by atoms with E-state index in [0.717, 1.165) is 5.56 Å². The molecule has 0 radical (unpaired) electrons. The fraction of sp³-hybridized carbons (Fsp3) is 0.471. The van der Waals surface area contributed by atoms with Gasteiger partial charge in [-0.25, -0.2) is 5.01 Å². The average Bonchev–Trinajstić information content (AvgIpc) is 2.52. The molecule has 1 saturated heterocycles. The van der Waals surface area contributed by atoms with Crippen LogP contribution in [0.25, 0.3) is 0 Å². The summed E-state index contributed by atoms with van der Waals surface area (Å²) in [6.45, 7) is 6.04. The van der Waals surface area contributed by atoms with Gasteiger partial charge in [0.1, 0.15) is 5.41 Å². The Morgan fingerprint density at radius 2 is 1.86 bits per heavy atom. The highest BCUT2D eigenvalue weighted by Crippen LogP contribution is 2.37. The van der Waals surface area contributed by atoms with Crippen molar-refractivity contribution in [3.63, 3.8) is 0 Å². The second-order valence-electron chi connectivity index (χ2n) is 5.60. The molecule has 0 bridgehead atoms. The summed E-state index contributed by atoms with van der Waals surface area (Å²) in [5.41, 5.74) is 0.0413. The quantitative estimate of drug-likeness (QED) is 0.631. The molecule has 1 atom stereocenters. The van der Waals surface area contributed by atoms with Gasteiger partial charge in [0, 0.05) is 5.92 Å². The van der Waals surface area contributed by atoms with Crippen molar-refractivity contribution >= 4 is 17.9 Å². The van der Waals surface area contributed by atoms with Gasteiger partial charge in [-0.3, -0.25) is 9.59 Å². The first-order valence-electron chi connectivity index (χ1n) is 7.50. The lowest BCUT2D eigenvalue weighted by Gasteiger charge is -2.40. The average molecular weight is 286 g/mol. The van der Waals surface area contributed by atoms with E-state index in [9.17, 15) is 9.59 Å². The number of hydrazone groups is 1. The maximum Gasteiger partial charge on any atom is 0.256 e. The van der Waals surface area contributed by atoms with E-state index in [1.165, 1.54) is 5.01 Å². The number of carbonyl (C=O) groups excluding carboxylic acids is 2. The van der Waals surface area contributed by atoms with E-state index >= 15 is 0 Å². The molecule has 1 aromatic carbocycles. The van der Waals surface area contributed by atoms with Gasteiger partial charge in [0.05, 0.1) is 12.8 Å². The van der Waals surface area contributed by atoms with Crippen molar-refractivity contribution in [2.45, 2.75) is 33.6 Å². The molecule has 112 valence electrons. The van der Waals surface area contributed by atoms with E-state index in [-0.39, 0.29) is 17.6 Å². The number of hydrogen-bond acceptors (Lipinski definition) is 3. The number of benzene rings is 1. The van der Waals surface area contributed by atoms with Gasteiger partial charge in [-0.2, -0.15) is 5.10 Å². The third-order valence-electron chi connectivity index (χ3n) is 4.36. The minimum atomic E-state index is -0.897. The number of carbonyl (C=O) groups is 2. The Balaban J connectivity index is 2.27. The number of rotatable bonds is 4. The highest BCUT2D eigenvalue weighted by molar-refractivity contribution is 6.09. The first-order valence-corrected chi connectivity index (χ1v) is 7.50. The summed E-state index contributed by atoms with van der Waals surface area (Å²) >= 11 is 0. The Kier molecular flexibility index (Phi) is 4.56. The fourth-order valence-corrected chi connectivity index (χ4v) is 2.93. The minimum absolute atomic E-state index is 0.0589. The van der Waals surface area contributed by atoms with Gasteiger partial charge in [0.15, 0.2) is 5.78 Å². The van der Waals surface area contributed by atoms with Crippen molar-refractivity contribution in [3.05, 3.63) is 35.9 Å². The van der Waals surface area contributed by atoms with Gasteiger partial charge < -0.3 is 0 Å². The molecule has 1 aromatic rings. The molecule has 21 heavy (non-hydrogen) atoms. The maximum atomic E-state index is 12.7. The largest absolute Gasteiger partial charge is 0.298 e. The Hall–Kier alpha value is -1.97. The van der Waals surface area contributed by atoms with E-state index in [0.29, 0.717) is 19.4 Å². The smallest absolute Gasteiger partial charge is 0.256 e. The van der Waals surface area contributed by atoms with Crippen LogP contribution in [0.15, 0.2) is 35.4 Å². The molecule has 1 fully saturated rings. The zero-order chi connectivity index (χ0) is 15.5. The highest BCUT2D eigenvalue weighted by atomic mass is 16.2. The van der Waals surface area contributed by atoms with Crippen LogP contribution in [0.3, 0.4) is 0 Å². The molecular formula is C17H22N2O2. The summed E-state index contributed by atoms with van der Waals surface area (Å²) in [6.07, 6.45) is 2.74. The fourth-order valence-electron chi connectivity index (χ4n) is 2.93. The van der Waals surface area contributed by atoms with Crippen LogP contribution in [0.2, 0.25) is 0 Å². The first kappa shape index (κ1) is 15.4. The number of amides is 1. The third kappa shape index (κ3) is 2.75. The molecule has 0 saturated carbocycles. The topological polar surface area (TPSA) is 49.7 Å². The summed E-state index contributed by atoms with van der Waals surface area (Å²) in [6, 6.07) is 9.64. The molecule has 1 aliphatic heterocycles.